The number of hydrogen-bond donors (Lipinski definition) is 2. The van der Waals surface area contributed by atoms with Crippen molar-refractivity contribution < 1.29 is 5.11 Å². The predicted molar refractivity (Wildman–Crippen MR) is 64.4 cm³/mol. The summed E-state index contributed by atoms with van der Waals surface area (Å²) < 4.78 is 0. The van der Waals surface area contributed by atoms with Crippen LogP contribution in [0.1, 0.15) is 11.1 Å². The van der Waals surface area contributed by atoms with Crippen LogP contribution in [0, 0.1) is 6.92 Å². The standard InChI is InChI=1S/C13H14N2O/c1-10-6-12(9-14-7-10)15-8-11-2-4-13(16)5-3-11/h2-7,9,15-16H,8H2,1H3. The summed E-state index contributed by atoms with van der Waals surface area (Å²) in [5.41, 5.74) is 3.27. The van der Waals surface area contributed by atoms with Gasteiger partial charge in [0.15, 0.2) is 0 Å². The minimum Gasteiger partial charge on any atom is -0.508 e. The number of phenols is 1. The van der Waals surface area contributed by atoms with E-state index < -0.39 is 0 Å². The molecule has 0 bridgehead atoms. The number of aromatic hydroxyl groups is 1. The molecule has 0 fully saturated rings. The highest BCUT2D eigenvalue weighted by atomic mass is 16.3. The lowest BCUT2D eigenvalue weighted by Gasteiger charge is -2.06. The van der Waals surface area contributed by atoms with Crippen molar-refractivity contribution >= 4 is 5.69 Å². The monoisotopic (exact) mass is 214 g/mol. The van der Waals surface area contributed by atoms with E-state index in [1.807, 2.05) is 31.3 Å². The molecule has 0 saturated carbocycles. The van der Waals surface area contributed by atoms with Gasteiger partial charge in [0.05, 0.1) is 5.69 Å². The number of pyridine rings is 1. The molecule has 2 N–H and O–H groups in total. The normalized spacial score (nSPS) is 10.1. The Bertz CT molecular complexity index is 466. The maximum Gasteiger partial charge on any atom is 0.115 e. The summed E-state index contributed by atoms with van der Waals surface area (Å²) in [7, 11) is 0. The fourth-order valence-electron chi connectivity index (χ4n) is 1.47. The van der Waals surface area contributed by atoms with Crippen LogP contribution in [0.5, 0.6) is 5.75 Å². The van der Waals surface area contributed by atoms with Gasteiger partial charge in [0.2, 0.25) is 0 Å². The van der Waals surface area contributed by atoms with E-state index in [1.54, 1.807) is 18.3 Å². The maximum atomic E-state index is 9.15. The third-order valence-corrected chi connectivity index (χ3v) is 2.31. The fourth-order valence-corrected chi connectivity index (χ4v) is 1.47. The van der Waals surface area contributed by atoms with E-state index in [1.165, 1.54) is 0 Å². The van der Waals surface area contributed by atoms with E-state index in [0.29, 0.717) is 5.75 Å². The number of aryl methyl sites for hydroxylation is 1. The SMILES string of the molecule is Cc1cncc(NCc2ccc(O)cc2)c1. The van der Waals surface area contributed by atoms with Crippen molar-refractivity contribution in [3.63, 3.8) is 0 Å². The summed E-state index contributed by atoms with van der Waals surface area (Å²) in [5.74, 6) is 0.293. The number of hydrogen-bond acceptors (Lipinski definition) is 3. The van der Waals surface area contributed by atoms with E-state index >= 15 is 0 Å². The Hall–Kier alpha value is -2.03. The van der Waals surface area contributed by atoms with E-state index in [2.05, 4.69) is 10.3 Å². The third kappa shape index (κ3) is 2.73. The van der Waals surface area contributed by atoms with Gasteiger partial charge in [-0.3, -0.25) is 4.98 Å². The molecule has 3 heteroatoms. The average molecular weight is 214 g/mol. The minimum absolute atomic E-state index is 0.293. The summed E-state index contributed by atoms with van der Waals surface area (Å²) in [6.07, 6.45) is 3.62. The molecule has 3 nitrogen and oxygen atoms in total. The smallest absolute Gasteiger partial charge is 0.115 e. The lowest BCUT2D eigenvalue weighted by molar-refractivity contribution is 0.475. The van der Waals surface area contributed by atoms with Crippen molar-refractivity contribution in [2.24, 2.45) is 0 Å². The Morgan fingerprint density at radius 3 is 2.62 bits per heavy atom. The van der Waals surface area contributed by atoms with Gasteiger partial charge in [-0.1, -0.05) is 12.1 Å². The molecule has 0 unspecified atom stereocenters. The highest BCUT2D eigenvalue weighted by Crippen LogP contribution is 2.12. The molecule has 0 radical (unpaired) electrons. The Morgan fingerprint density at radius 2 is 1.94 bits per heavy atom. The van der Waals surface area contributed by atoms with Crippen LogP contribution in [0.25, 0.3) is 0 Å². The zero-order chi connectivity index (χ0) is 11.4. The van der Waals surface area contributed by atoms with Gasteiger partial charge in [0, 0.05) is 18.9 Å². The third-order valence-electron chi connectivity index (χ3n) is 2.31. The van der Waals surface area contributed by atoms with Crippen LogP contribution >= 0.6 is 0 Å². The van der Waals surface area contributed by atoms with Crippen LogP contribution in [0.4, 0.5) is 5.69 Å². The molecular formula is C13H14N2O. The van der Waals surface area contributed by atoms with Crippen molar-refractivity contribution in [1.82, 2.24) is 4.98 Å². The van der Waals surface area contributed by atoms with E-state index in [0.717, 1.165) is 23.4 Å². The Morgan fingerprint density at radius 1 is 1.19 bits per heavy atom. The quantitative estimate of drug-likeness (QED) is 0.825. The highest BCUT2D eigenvalue weighted by Gasteiger charge is 1.95. The number of benzene rings is 1. The molecule has 2 aromatic rings. The van der Waals surface area contributed by atoms with Crippen LogP contribution in [-0.2, 0) is 6.54 Å². The van der Waals surface area contributed by atoms with Crippen molar-refractivity contribution in [3.8, 4) is 5.75 Å². The zero-order valence-corrected chi connectivity index (χ0v) is 9.14. The minimum atomic E-state index is 0.293. The second-order valence-corrected chi connectivity index (χ2v) is 3.77. The molecule has 16 heavy (non-hydrogen) atoms. The van der Waals surface area contributed by atoms with Gasteiger partial charge in [-0.2, -0.15) is 0 Å². The number of aromatic nitrogens is 1. The Labute approximate surface area is 94.8 Å². The van der Waals surface area contributed by atoms with Gasteiger partial charge >= 0.3 is 0 Å². The topological polar surface area (TPSA) is 45.2 Å². The average Bonchev–Trinajstić information content (AvgIpc) is 2.28. The van der Waals surface area contributed by atoms with Gasteiger partial charge < -0.3 is 10.4 Å². The van der Waals surface area contributed by atoms with Crippen molar-refractivity contribution in [2.75, 3.05) is 5.32 Å². The fraction of sp³-hybridized carbons (Fsp3) is 0.154. The molecule has 0 aliphatic carbocycles. The van der Waals surface area contributed by atoms with Crippen LogP contribution in [0.2, 0.25) is 0 Å². The Balaban J connectivity index is 1.99. The lowest BCUT2D eigenvalue weighted by atomic mass is 10.2. The second kappa shape index (κ2) is 4.66. The highest BCUT2D eigenvalue weighted by molar-refractivity contribution is 5.43. The number of nitrogens with one attached hydrogen (secondary N) is 1. The molecule has 0 aliphatic heterocycles. The predicted octanol–water partition coefficient (Wildman–Crippen LogP) is 2.71. The molecule has 0 saturated heterocycles. The Kier molecular flexibility index (Phi) is 3.05. The van der Waals surface area contributed by atoms with Crippen molar-refractivity contribution in [2.45, 2.75) is 13.5 Å². The van der Waals surface area contributed by atoms with Crippen molar-refractivity contribution in [1.29, 1.82) is 0 Å². The largest absolute Gasteiger partial charge is 0.508 e. The molecule has 1 aromatic heterocycles. The first-order valence-electron chi connectivity index (χ1n) is 5.17. The maximum absolute atomic E-state index is 9.15. The lowest BCUT2D eigenvalue weighted by Crippen LogP contribution is -1.99. The van der Waals surface area contributed by atoms with E-state index in [9.17, 15) is 0 Å². The molecule has 82 valence electrons. The van der Waals surface area contributed by atoms with E-state index in [4.69, 9.17) is 5.11 Å². The zero-order valence-electron chi connectivity index (χ0n) is 9.14. The summed E-state index contributed by atoms with van der Waals surface area (Å²) >= 11 is 0. The number of phenolic OH excluding ortho intramolecular Hbond substituents is 1. The van der Waals surface area contributed by atoms with Gasteiger partial charge in [-0.05, 0) is 36.2 Å². The summed E-state index contributed by atoms with van der Waals surface area (Å²) in [4.78, 5) is 4.11. The first-order valence-corrected chi connectivity index (χ1v) is 5.17. The van der Waals surface area contributed by atoms with Crippen LogP contribution < -0.4 is 5.32 Å². The molecule has 0 spiro atoms. The summed E-state index contributed by atoms with van der Waals surface area (Å²) in [6, 6.07) is 9.21. The molecule has 0 aliphatic rings. The van der Waals surface area contributed by atoms with Crippen LogP contribution in [0.3, 0.4) is 0 Å². The molecule has 1 heterocycles. The van der Waals surface area contributed by atoms with Gasteiger partial charge in [-0.15, -0.1) is 0 Å². The summed E-state index contributed by atoms with van der Waals surface area (Å²) in [6.45, 7) is 2.74. The molecule has 0 atom stereocenters. The van der Waals surface area contributed by atoms with Gasteiger partial charge in [0.25, 0.3) is 0 Å². The second-order valence-electron chi connectivity index (χ2n) is 3.77. The number of nitrogens with zero attached hydrogens (tertiary/aromatic N) is 1. The van der Waals surface area contributed by atoms with Crippen LogP contribution in [0.15, 0.2) is 42.7 Å². The molecule has 0 amide bonds. The molecular weight excluding hydrogens is 200 g/mol. The van der Waals surface area contributed by atoms with Gasteiger partial charge in [0.1, 0.15) is 5.75 Å². The number of rotatable bonds is 3. The van der Waals surface area contributed by atoms with Gasteiger partial charge in [-0.25, -0.2) is 0 Å². The first kappa shape index (κ1) is 10.5. The molecule has 2 rings (SSSR count). The van der Waals surface area contributed by atoms with Crippen molar-refractivity contribution in [3.05, 3.63) is 53.9 Å². The summed E-state index contributed by atoms with van der Waals surface area (Å²) in [5, 5.41) is 12.4. The number of anilines is 1. The first-order chi connectivity index (χ1) is 7.74. The molecule has 1 aromatic carbocycles. The van der Waals surface area contributed by atoms with Crippen LogP contribution in [-0.4, -0.2) is 10.1 Å². The van der Waals surface area contributed by atoms with E-state index in [-0.39, 0.29) is 0 Å².